The smallest absolute Gasteiger partial charge is 0.173 e. The summed E-state index contributed by atoms with van der Waals surface area (Å²) in [5, 5.41) is 3.13. The molecule has 1 heterocycles. The van der Waals surface area contributed by atoms with Crippen molar-refractivity contribution in [1.29, 1.82) is 0 Å². The molecule has 1 aromatic rings. The van der Waals surface area contributed by atoms with Crippen LogP contribution in [0, 0.1) is 0 Å². The summed E-state index contributed by atoms with van der Waals surface area (Å²) in [6.07, 6.45) is 16.8. The van der Waals surface area contributed by atoms with Crippen LogP contribution in [0.15, 0.2) is 17.5 Å². The average Bonchev–Trinajstić information content (AvgIpc) is 2.97. The van der Waals surface area contributed by atoms with Gasteiger partial charge in [-0.25, -0.2) is 0 Å². The van der Waals surface area contributed by atoms with Crippen molar-refractivity contribution in [3.8, 4) is 5.06 Å². The molecule has 0 aliphatic heterocycles. The lowest BCUT2D eigenvalue weighted by atomic mass is 10.1. The summed E-state index contributed by atoms with van der Waals surface area (Å²) in [5.74, 6) is 0. The van der Waals surface area contributed by atoms with E-state index in [4.69, 9.17) is 4.74 Å². The minimum Gasteiger partial charge on any atom is -0.484 e. The highest BCUT2D eigenvalue weighted by atomic mass is 32.1. The molecule has 1 nitrogen and oxygen atoms in total. The van der Waals surface area contributed by atoms with Gasteiger partial charge in [-0.2, -0.15) is 0 Å². The van der Waals surface area contributed by atoms with Gasteiger partial charge in [-0.15, -0.1) is 11.3 Å². The van der Waals surface area contributed by atoms with Gasteiger partial charge in [0.2, 0.25) is 0 Å². The first kappa shape index (κ1) is 17.6. The Balaban J connectivity index is 1.70. The summed E-state index contributed by atoms with van der Waals surface area (Å²) < 4.78 is 5.66. The predicted molar refractivity (Wildman–Crippen MR) is 90.9 cm³/mol. The minimum absolute atomic E-state index is 0.887. The van der Waals surface area contributed by atoms with E-state index in [9.17, 15) is 0 Å². The van der Waals surface area contributed by atoms with Gasteiger partial charge in [0, 0.05) is 0 Å². The Morgan fingerprint density at radius 2 is 1.35 bits per heavy atom. The zero-order chi connectivity index (χ0) is 14.3. The van der Waals surface area contributed by atoms with Crippen LogP contribution in [-0.2, 0) is 0 Å². The number of hydrogen-bond acceptors (Lipinski definition) is 2. The Kier molecular flexibility index (Phi) is 11.8. The second kappa shape index (κ2) is 13.5. The van der Waals surface area contributed by atoms with Gasteiger partial charge in [-0.1, -0.05) is 77.6 Å². The number of unbranched alkanes of at least 4 members (excludes halogenated alkanes) is 11. The zero-order valence-electron chi connectivity index (χ0n) is 13.2. The highest BCUT2D eigenvalue weighted by Crippen LogP contribution is 2.18. The number of ether oxygens (including phenoxy) is 1. The lowest BCUT2D eigenvalue weighted by Crippen LogP contribution is -1.95. The van der Waals surface area contributed by atoms with E-state index >= 15 is 0 Å². The van der Waals surface area contributed by atoms with E-state index in [0.29, 0.717) is 0 Å². The van der Waals surface area contributed by atoms with Crippen molar-refractivity contribution in [3.63, 3.8) is 0 Å². The molecule has 0 aliphatic carbocycles. The van der Waals surface area contributed by atoms with Crippen molar-refractivity contribution in [2.45, 2.75) is 84.0 Å². The molecule has 1 rings (SSSR count). The van der Waals surface area contributed by atoms with Gasteiger partial charge >= 0.3 is 0 Å². The fourth-order valence-corrected chi connectivity index (χ4v) is 3.06. The first-order valence-electron chi connectivity index (χ1n) is 8.60. The van der Waals surface area contributed by atoms with Crippen LogP contribution >= 0.6 is 11.3 Å². The molecule has 0 saturated heterocycles. The lowest BCUT2D eigenvalue weighted by Gasteiger charge is -2.04. The maximum atomic E-state index is 5.66. The molecule has 0 radical (unpaired) electrons. The van der Waals surface area contributed by atoms with Crippen LogP contribution < -0.4 is 4.74 Å². The van der Waals surface area contributed by atoms with Crippen molar-refractivity contribution >= 4 is 11.3 Å². The summed E-state index contributed by atoms with van der Waals surface area (Å²) in [6, 6.07) is 4.09. The second-order valence-corrected chi connectivity index (χ2v) is 6.58. The van der Waals surface area contributed by atoms with E-state index in [-0.39, 0.29) is 0 Å². The SMILES string of the molecule is CCCCCCCCCCCCCCOc1cccs1. The van der Waals surface area contributed by atoms with Crippen molar-refractivity contribution in [3.05, 3.63) is 17.5 Å². The number of hydrogen-bond donors (Lipinski definition) is 0. The van der Waals surface area contributed by atoms with Crippen LogP contribution in [0.25, 0.3) is 0 Å². The van der Waals surface area contributed by atoms with Gasteiger partial charge in [-0.05, 0) is 23.9 Å². The molecule has 2 heteroatoms. The Labute approximate surface area is 129 Å². The highest BCUT2D eigenvalue weighted by molar-refractivity contribution is 7.11. The summed E-state index contributed by atoms with van der Waals surface area (Å²) >= 11 is 1.68. The number of thiophene rings is 1. The molecule has 116 valence electrons. The normalized spacial score (nSPS) is 10.8. The van der Waals surface area contributed by atoms with Gasteiger partial charge in [-0.3, -0.25) is 0 Å². The summed E-state index contributed by atoms with van der Waals surface area (Å²) in [5.41, 5.74) is 0. The quantitative estimate of drug-likeness (QED) is 0.342. The fraction of sp³-hybridized carbons (Fsp3) is 0.778. The van der Waals surface area contributed by atoms with Gasteiger partial charge in [0.15, 0.2) is 5.06 Å². The summed E-state index contributed by atoms with van der Waals surface area (Å²) in [7, 11) is 0. The zero-order valence-corrected chi connectivity index (χ0v) is 14.1. The maximum Gasteiger partial charge on any atom is 0.173 e. The van der Waals surface area contributed by atoms with Crippen molar-refractivity contribution in [2.75, 3.05) is 6.61 Å². The van der Waals surface area contributed by atoms with Crippen LogP contribution in [0.5, 0.6) is 5.06 Å². The fourth-order valence-electron chi connectivity index (χ4n) is 2.46. The average molecular weight is 297 g/mol. The van der Waals surface area contributed by atoms with Crippen molar-refractivity contribution in [2.24, 2.45) is 0 Å². The first-order chi connectivity index (χ1) is 9.93. The van der Waals surface area contributed by atoms with Crippen molar-refractivity contribution < 1.29 is 4.74 Å². The molecule has 0 N–H and O–H groups in total. The van der Waals surface area contributed by atoms with E-state index in [1.165, 1.54) is 77.0 Å². The molecule has 0 unspecified atom stereocenters. The third-order valence-corrected chi connectivity index (χ3v) is 4.52. The summed E-state index contributed by atoms with van der Waals surface area (Å²) in [4.78, 5) is 0. The second-order valence-electron chi connectivity index (χ2n) is 5.67. The Bertz CT molecular complexity index is 282. The molecule has 1 aromatic heterocycles. The van der Waals surface area contributed by atoms with E-state index in [1.54, 1.807) is 11.3 Å². The van der Waals surface area contributed by atoms with Crippen LogP contribution in [0.3, 0.4) is 0 Å². The topological polar surface area (TPSA) is 9.23 Å². The standard InChI is InChI=1S/C18H32OS/c1-2-3-4-5-6-7-8-9-10-11-12-13-16-19-18-15-14-17-20-18/h14-15,17H,2-13,16H2,1H3. The first-order valence-corrected chi connectivity index (χ1v) is 9.47. The lowest BCUT2D eigenvalue weighted by molar-refractivity contribution is 0.312. The van der Waals surface area contributed by atoms with Crippen molar-refractivity contribution in [1.82, 2.24) is 0 Å². The monoisotopic (exact) mass is 296 g/mol. The molecular formula is C18H32OS. The Morgan fingerprint density at radius 1 is 0.800 bits per heavy atom. The molecule has 0 atom stereocenters. The van der Waals surface area contributed by atoms with Gasteiger partial charge in [0.25, 0.3) is 0 Å². The van der Waals surface area contributed by atoms with Gasteiger partial charge in [0.1, 0.15) is 0 Å². The van der Waals surface area contributed by atoms with Gasteiger partial charge < -0.3 is 4.74 Å². The van der Waals surface area contributed by atoms with Crippen LogP contribution in [0.1, 0.15) is 84.0 Å². The molecule has 0 amide bonds. The molecule has 0 aliphatic rings. The predicted octanol–water partition coefficient (Wildman–Crippen LogP) is 6.83. The Hall–Kier alpha value is -0.500. The van der Waals surface area contributed by atoms with E-state index in [1.807, 2.05) is 12.1 Å². The van der Waals surface area contributed by atoms with E-state index in [2.05, 4.69) is 12.3 Å². The summed E-state index contributed by atoms with van der Waals surface area (Å²) in [6.45, 7) is 3.17. The molecule has 0 bridgehead atoms. The van der Waals surface area contributed by atoms with Crippen LogP contribution in [0.2, 0.25) is 0 Å². The highest BCUT2D eigenvalue weighted by Gasteiger charge is 1.95. The van der Waals surface area contributed by atoms with E-state index < -0.39 is 0 Å². The third kappa shape index (κ3) is 10.3. The number of rotatable bonds is 14. The molecule has 0 fully saturated rings. The van der Waals surface area contributed by atoms with E-state index in [0.717, 1.165) is 11.7 Å². The van der Waals surface area contributed by atoms with Crippen LogP contribution in [0.4, 0.5) is 0 Å². The maximum absolute atomic E-state index is 5.66. The third-order valence-electron chi connectivity index (χ3n) is 3.74. The molecule has 0 spiro atoms. The Morgan fingerprint density at radius 3 is 1.85 bits per heavy atom. The minimum atomic E-state index is 0.887. The van der Waals surface area contributed by atoms with Crippen LogP contribution in [-0.4, -0.2) is 6.61 Å². The molecule has 0 aromatic carbocycles. The molecule has 20 heavy (non-hydrogen) atoms. The molecule has 0 saturated carbocycles. The molecular weight excluding hydrogens is 264 g/mol. The van der Waals surface area contributed by atoms with Gasteiger partial charge in [0.05, 0.1) is 6.61 Å². The largest absolute Gasteiger partial charge is 0.484 e.